The van der Waals surface area contributed by atoms with E-state index in [1.807, 2.05) is 30.3 Å². The molecule has 5 nitrogen and oxygen atoms in total. The number of nitrogens with zero attached hydrogens (tertiary/aromatic N) is 1. The molecule has 0 aliphatic carbocycles. The topological polar surface area (TPSA) is 95.6 Å². The second kappa shape index (κ2) is 5.73. The van der Waals surface area contributed by atoms with E-state index in [2.05, 4.69) is 25.9 Å². The maximum absolute atomic E-state index is 12.3. The molecule has 2 aromatic carbocycles. The third kappa shape index (κ3) is 2.78. The summed E-state index contributed by atoms with van der Waals surface area (Å²) < 4.78 is 0.193. The molecule has 0 atom stereocenters. The molecule has 110 valence electrons. The molecule has 0 fully saturated rings. The lowest BCUT2D eigenvalue weighted by atomic mass is 10.1. The summed E-state index contributed by atoms with van der Waals surface area (Å²) in [4.78, 5) is 19.6. The molecular formula is C16H13BrN4O. The Morgan fingerprint density at radius 2 is 2.00 bits per heavy atom. The number of aromatic amines is 1. The molecule has 0 aliphatic rings. The number of hydrogen-bond acceptors (Lipinski definition) is 4. The molecule has 6 heteroatoms. The standard InChI is InChI=1S/C16H13BrN4O/c17-15(19)10-7-12-13(8-11(10)18)21-16(20-12)14(22)6-9-4-2-1-3-5-9/h1-5,7-8,19H,6,18H2,(H,20,21). The van der Waals surface area contributed by atoms with Crippen LogP contribution in [0, 0.1) is 5.41 Å². The molecule has 1 heterocycles. The first kappa shape index (κ1) is 14.5. The number of hydrogen-bond donors (Lipinski definition) is 3. The highest BCUT2D eigenvalue weighted by Crippen LogP contribution is 2.22. The minimum atomic E-state index is -0.0866. The predicted octanol–water partition coefficient (Wildman–Crippen LogP) is 3.29. The lowest BCUT2D eigenvalue weighted by Crippen LogP contribution is -2.05. The largest absolute Gasteiger partial charge is 0.398 e. The number of fused-ring (bicyclic) bond motifs is 1. The third-order valence-corrected chi connectivity index (χ3v) is 3.79. The maximum atomic E-state index is 12.3. The van der Waals surface area contributed by atoms with Crippen LogP contribution in [0.3, 0.4) is 0 Å². The van der Waals surface area contributed by atoms with Crippen molar-refractivity contribution in [2.45, 2.75) is 6.42 Å². The van der Waals surface area contributed by atoms with E-state index in [9.17, 15) is 4.79 Å². The van der Waals surface area contributed by atoms with Gasteiger partial charge in [-0.2, -0.15) is 0 Å². The number of ketones is 1. The Labute approximate surface area is 135 Å². The summed E-state index contributed by atoms with van der Waals surface area (Å²) in [6.45, 7) is 0. The number of nitrogens with one attached hydrogen (secondary N) is 2. The van der Waals surface area contributed by atoms with Gasteiger partial charge in [0.2, 0.25) is 5.78 Å². The van der Waals surface area contributed by atoms with Gasteiger partial charge >= 0.3 is 0 Å². The molecular weight excluding hydrogens is 344 g/mol. The fraction of sp³-hybridized carbons (Fsp3) is 0.0625. The maximum Gasteiger partial charge on any atom is 0.202 e. The summed E-state index contributed by atoms with van der Waals surface area (Å²) in [6.07, 6.45) is 0.289. The van der Waals surface area contributed by atoms with E-state index >= 15 is 0 Å². The van der Waals surface area contributed by atoms with Crippen molar-refractivity contribution in [3.8, 4) is 0 Å². The number of nitrogens with two attached hydrogens (primary N) is 1. The summed E-state index contributed by atoms with van der Waals surface area (Å²) >= 11 is 3.10. The molecule has 22 heavy (non-hydrogen) atoms. The molecule has 0 amide bonds. The van der Waals surface area contributed by atoms with Gasteiger partial charge in [0.05, 0.1) is 11.0 Å². The number of nitrogen functional groups attached to an aromatic ring is 1. The molecule has 0 aliphatic heterocycles. The number of Topliss-reactive ketones (excluding diaryl/α,β-unsaturated/α-hetero) is 1. The molecule has 0 saturated heterocycles. The Balaban J connectivity index is 1.95. The van der Waals surface area contributed by atoms with Crippen LogP contribution in [0.1, 0.15) is 21.7 Å². The van der Waals surface area contributed by atoms with Crippen LogP contribution in [0.2, 0.25) is 0 Å². The molecule has 3 rings (SSSR count). The summed E-state index contributed by atoms with van der Waals surface area (Å²) in [6, 6.07) is 12.9. The van der Waals surface area contributed by atoms with Gasteiger partial charge in [0, 0.05) is 17.7 Å². The number of imidazole rings is 1. The average Bonchev–Trinajstić information content (AvgIpc) is 2.90. The summed E-state index contributed by atoms with van der Waals surface area (Å²) in [5.41, 5.74) is 9.14. The van der Waals surface area contributed by atoms with Crippen LogP contribution in [0.4, 0.5) is 5.69 Å². The molecule has 0 saturated carbocycles. The van der Waals surface area contributed by atoms with Gasteiger partial charge in [-0.05, 0) is 33.6 Å². The fourth-order valence-corrected chi connectivity index (χ4v) is 2.60. The van der Waals surface area contributed by atoms with Crippen LogP contribution in [0.25, 0.3) is 11.0 Å². The molecule has 0 bridgehead atoms. The Hall–Kier alpha value is -2.47. The Morgan fingerprint density at radius 3 is 2.68 bits per heavy atom. The second-order valence-corrected chi connectivity index (χ2v) is 5.73. The van der Waals surface area contributed by atoms with Crippen molar-refractivity contribution in [3.05, 3.63) is 59.4 Å². The van der Waals surface area contributed by atoms with Gasteiger partial charge in [-0.3, -0.25) is 10.2 Å². The monoisotopic (exact) mass is 356 g/mol. The summed E-state index contributed by atoms with van der Waals surface area (Å²) in [5, 5.41) is 7.63. The van der Waals surface area contributed by atoms with Crippen LogP contribution in [-0.2, 0) is 6.42 Å². The minimum Gasteiger partial charge on any atom is -0.398 e. The van der Waals surface area contributed by atoms with E-state index in [1.165, 1.54) is 0 Å². The van der Waals surface area contributed by atoms with Crippen LogP contribution in [-0.4, -0.2) is 20.4 Å². The number of benzene rings is 2. The molecule has 3 aromatic rings. The third-order valence-electron chi connectivity index (χ3n) is 3.36. The number of carbonyl (C=O) groups is 1. The van der Waals surface area contributed by atoms with E-state index in [-0.39, 0.29) is 16.8 Å². The first-order chi connectivity index (χ1) is 10.5. The van der Waals surface area contributed by atoms with Gasteiger partial charge in [0.1, 0.15) is 4.62 Å². The number of H-pyrrole nitrogens is 1. The zero-order valence-corrected chi connectivity index (χ0v) is 13.1. The molecule has 0 radical (unpaired) electrons. The Kier molecular flexibility index (Phi) is 3.77. The lowest BCUT2D eigenvalue weighted by molar-refractivity contribution is 0.0984. The van der Waals surface area contributed by atoms with Crippen LogP contribution < -0.4 is 5.73 Å². The lowest BCUT2D eigenvalue weighted by Gasteiger charge is -2.01. The van der Waals surface area contributed by atoms with Crippen LogP contribution in [0.5, 0.6) is 0 Å². The first-order valence-electron chi connectivity index (χ1n) is 6.65. The number of carbonyl (C=O) groups excluding carboxylic acids is 1. The van der Waals surface area contributed by atoms with Crippen molar-refractivity contribution < 1.29 is 4.79 Å². The number of aromatic nitrogens is 2. The van der Waals surface area contributed by atoms with Crippen molar-refractivity contribution in [1.82, 2.24) is 9.97 Å². The fourth-order valence-electron chi connectivity index (χ4n) is 2.26. The zero-order chi connectivity index (χ0) is 15.7. The molecule has 1 aromatic heterocycles. The SMILES string of the molecule is N=C(Br)c1cc2[nH]c(C(=O)Cc3ccccc3)nc2cc1N. The van der Waals surface area contributed by atoms with E-state index in [4.69, 9.17) is 11.1 Å². The van der Waals surface area contributed by atoms with Gasteiger partial charge in [0.15, 0.2) is 5.82 Å². The number of rotatable bonds is 4. The average molecular weight is 357 g/mol. The smallest absolute Gasteiger partial charge is 0.202 e. The highest BCUT2D eigenvalue weighted by molar-refractivity contribution is 9.18. The van der Waals surface area contributed by atoms with Crippen molar-refractivity contribution in [3.63, 3.8) is 0 Å². The first-order valence-corrected chi connectivity index (χ1v) is 7.44. The zero-order valence-electron chi connectivity index (χ0n) is 11.6. The van der Waals surface area contributed by atoms with Gasteiger partial charge < -0.3 is 10.7 Å². The summed E-state index contributed by atoms with van der Waals surface area (Å²) in [7, 11) is 0. The van der Waals surface area contributed by atoms with Crippen molar-refractivity contribution in [2.75, 3.05) is 5.73 Å². The Morgan fingerprint density at radius 1 is 1.27 bits per heavy atom. The number of halogens is 1. The van der Waals surface area contributed by atoms with Gasteiger partial charge in [-0.15, -0.1) is 0 Å². The normalized spacial score (nSPS) is 10.8. The van der Waals surface area contributed by atoms with E-state index < -0.39 is 0 Å². The number of anilines is 1. The van der Waals surface area contributed by atoms with Gasteiger partial charge in [0.25, 0.3) is 0 Å². The highest BCUT2D eigenvalue weighted by atomic mass is 79.9. The van der Waals surface area contributed by atoms with E-state index in [0.29, 0.717) is 28.1 Å². The van der Waals surface area contributed by atoms with Crippen molar-refractivity contribution >= 4 is 43.1 Å². The van der Waals surface area contributed by atoms with Crippen LogP contribution >= 0.6 is 15.9 Å². The highest BCUT2D eigenvalue weighted by Gasteiger charge is 2.14. The van der Waals surface area contributed by atoms with Gasteiger partial charge in [-0.25, -0.2) is 4.98 Å². The van der Waals surface area contributed by atoms with E-state index in [1.54, 1.807) is 12.1 Å². The van der Waals surface area contributed by atoms with Gasteiger partial charge in [-0.1, -0.05) is 30.3 Å². The van der Waals surface area contributed by atoms with Crippen molar-refractivity contribution in [1.29, 1.82) is 5.41 Å². The van der Waals surface area contributed by atoms with E-state index in [0.717, 1.165) is 5.56 Å². The molecule has 0 unspecified atom stereocenters. The second-order valence-electron chi connectivity index (χ2n) is 4.94. The molecule has 4 N–H and O–H groups in total. The Bertz CT molecular complexity index is 870. The predicted molar refractivity (Wildman–Crippen MR) is 90.7 cm³/mol. The van der Waals surface area contributed by atoms with Crippen LogP contribution in [0.15, 0.2) is 42.5 Å². The van der Waals surface area contributed by atoms with Crippen molar-refractivity contribution in [2.24, 2.45) is 0 Å². The summed E-state index contributed by atoms with van der Waals surface area (Å²) in [5.74, 6) is 0.216. The molecule has 0 spiro atoms. The quantitative estimate of drug-likeness (QED) is 0.380. The minimum absolute atomic E-state index is 0.0866.